The van der Waals surface area contributed by atoms with Gasteiger partial charge in [-0.15, -0.1) is 0 Å². The molecule has 0 saturated heterocycles. The first-order chi connectivity index (χ1) is 12.8. The Morgan fingerprint density at radius 1 is 1.26 bits per heavy atom. The van der Waals surface area contributed by atoms with Gasteiger partial charge in [-0.05, 0) is 45.0 Å². The van der Waals surface area contributed by atoms with Crippen LogP contribution in [0.1, 0.15) is 37.9 Å². The number of anilines is 1. The summed E-state index contributed by atoms with van der Waals surface area (Å²) < 4.78 is 29.0. The molecule has 0 fully saturated rings. The fraction of sp³-hybridized carbons (Fsp3) is 0.278. The van der Waals surface area contributed by atoms with Crippen molar-refractivity contribution >= 4 is 17.3 Å². The molecule has 27 heavy (non-hydrogen) atoms. The molecule has 140 valence electrons. The van der Waals surface area contributed by atoms with Gasteiger partial charge in [0.1, 0.15) is 17.5 Å². The van der Waals surface area contributed by atoms with E-state index in [1.165, 1.54) is 6.07 Å². The molecule has 1 atom stereocenters. The van der Waals surface area contributed by atoms with Crippen molar-refractivity contribution in [2.24, 2.45) is 4.99 Å². The van der Waals surface area contributed by atoms with E-state index in [9.17, 15) is 8.78 Å². The average molecular weight is 372 g/mol. The first kappa shape index (κ1) is 17.3. The molecule has 2 aromatic heterocycles. The van der Waals surface area contributed by atoms with Crippen LogP contribution in [-0.2, 0) is 4.84 Å². The van der Waals surface area contributed by atoms with Crippen LogP contribution in [0.4, 0.5) is 14.6 Å². The number of hydrogen-bond acceptors (Lipinski definition) is 6. The number of hydroxylamine groups is 1. The molecular formula is C18H18F2N6O. The second kappa shape index (κ2) is 6.27. The highest BCUT2D eigenvalue weighted by Crippen LogP contribution is 2.23. The molecule has 3 aromatic rings. The minimum atomic E-state index is -0.678. The van der Waals surface area contributed by atoms with Gasteiger partial charge in [0.15, 0.2) is 17.2 Å². The van der Waals surface area contributed by atoms with Crippen molar-refractivity contribution in [1.29, 1.82) is 0 Å². The molecule has 0 aliphatic carbocycles. The Balaban J connectivity index is 1.65. The van der Waals surface area contributed by atoms with Crippen LogP contribution in [0.3, 0.4) is 0 Å². The molecule has 1 aliphatic rings. The number of hydrogen-bond donors (Lipinski definition) is 2. The van der Waals surface area contributed by atoms with Crippen LogP contribution in [0.25, 0.3) is 5.65 Å². The van der Waals surface area contributed by atoms with E-state index < -0.39 is 23.4 Å². The lowest BCUT2D eigenvalue weighted by Gasteiger charge is -2.16. The zero-order valence-corrected chi connectivity index (χ0v) is 15.0. The maximum absolute atomic E-state index is 14.0. The number of nitrogens with zero attached hydrogens (tertiary/aromatic N) is 4. The maximum Gasteiger partial charge on any atom is 0.182 e. The lowest BCUT2D eigenvalue weighted by atomic mass is 10.1. The van der Waals surface area contributed by atoms with Gasteiger partial charge in [-0.2, -0.15) is 5.10 Å². The van der Waals surface area contributed by atoms with Crippen LogP contribution < -0.4 is 10.8 Å². The molecule has 1 unspecified atom stereocenters. The Morgan fingerprint density at radius 2 is 2.07 bits per heavy atom. The molecule has 0 amide bonds. The molecule has 0 bridgehead atoms. The van der Waals surface area contributed by atoms with Crippen molar-refractivity contribution in [3.8, 4) is 0 Å². The normalized spacial score (nSPS) is 16.9. The molecular weight excluding hydrogens is 354 g/mol. The molecule has 9 heteroatoms. The predicted molar refractivity (Wildman–Crippen MR) is 96.2 cm³/mol. The van der Waals surface area contributed by atoms with E-state index in [1.807, 2.05) is 13.8 Å². The van der Waals surface area contributed by atoms with Crippen LogP contribution in [0.5, 0.6) is 0 Å². The van der Waals surface area contributed by atoms with Crippen LogP contribution in [-0.4, -0.2) is 26.2 Å². The number of nitrogens with one attached hydrogen (secondary N) is 2. The summed E-state index contributed by atoms with van der Waals surface area (Å²) in [6.45, 7) is 5.39. The summed E-state index contributed by atoms with van der Waals surface area (Å²) in [6.07, 6.45) is 3.36. The summed E-state index contributed by atoms with van der Waals surface area (Å²) in [5.41, 5.74) is 3.56. The van der Waals surface area contributed by atoms with Gasteiger partial charge in [-0.25, -0.2) is 33.6 Å². The van der Waals surface area contributed by atoms with E-state index in [-0.39, 0.29) is 5.56 Å². The summed E-state index contributed by atoms with van der Waals surface area (Å²) in [4.78, 5) is 14.4. The number of amidine groups is 1. The number of rotatable bonds is 4. The van der Waals surface area contributed by atoms with Crippen LogP contribution in [0, 0.1) is 11.6 Å². The summed E-state index contributed by atoms with van der Waals surface area (Å²) in [5.74, 6) is 0.0592. The lowest BCUT2D eigenvalue weighted by molar-refractivity contribution is -0.0269. The van der Waals surface area contributed by atoms with Crippen molar-refractivity contribution in [3.05, 3.63) is 59.4 Å². The van der Waals surface area contributed by atoms with Crippen LogP contribution >= 0.6 is 0 Å². The molecule has 4 rings (SSSR count). The van der Waals surface area contributed by atoms with Gasteiger partial charge < -0.3 is 5.32 Å². The minimum Gasteiger partial charge on any atom is -0.363 e. The highest BCUT2D eigenvalue weighted by atomic mass is 19.1. The maximum atomic E-state index is 14.0. The minimum absolute atomic E-state index is 0.224. The van der Waals surface area contributed by atoms with Gasteiger partial charge in [0, 0.05) is 11.8 Å². The van der Waals surface area contributed by atoms with E-state index in [2.05, 4.69) is 25.9 Å². The Kier molecular flexibility index (Phi) is 4.03. The van der Waals surface area contributed by atoms with Gasteiger partial charge in [0.25, 0.3) is 0 Å². The molecule has 1 aromatic carbocycles. The van der Waals surface area contributed by atoms with Crippen molar-refractivity contribution in [2.45, 2.75) is 32.5 Å². The zero-order chi connectivity index (χ0) is 19.2. The first-order valence-electron chi connectivity index (χ1n) is 8.42. The van der Waals surface area contributed by atoms with E-state index in [0.29, 0.717) is 22.9 Å². The highest BCUT2D eigenvalue weighted by molar-refractivity contribution is 6.03. The number of benzene rings is 1. The van der Waals surface area contributed by atoms with Crippen molar-refractivity contribution in [1.82, 2.24) is 20.1 Å². The second-order valence-corrected chi connectivity index (χ2v) is 6.78. The highest BCUT2D eigenvalue weighted by Gasteiger charge is 2.28. The average Bonchev–Trinajstić information content (AvgIpc) is 3.19. The Morgan fingerprint density at radius 3 is 2.81 bits per heavy atom. The Hall–Kier alpha value is -3.07. The Bertz CT molecular complexity index is 1050. The molecule has 2 N–H and O–H groups in total. The van der Waals surface area contributed by atoms with Gasteiger partial charge in [-0.3, -0.25) is 0 Å². The third kappa shape index (κ3) is 3.33. The molecule has 0 saturated carbocycles. The number of aromatic nitrogens is 3. The fourth-order valence-corrected chi connectivity index (χ4v) is 2.87. The van der Waals surface area contributed by atoms with Crippen LogP contribution in [0.15, 0.2) is 41.7 Å². The molecule has 1 aliphatic heterocycles. The topological polar surface area (TPSA) is 75.8 Å². The van der Waals surface area contributed by atoms with E-state index in [0.717, 1.165) is 12.1 Å². The quantitative estimate of drug-likeness (QED) is 0.736. The fourth-order valence-electron chi connectivity index (χ4n) is 2.87. The summed E-state index contributed by atoms with van der Waals surface area (Å²) in [6, 6.07) is 4.60. The molecule has 0 radical (unpaired) electrons. The SMILES string of the molecule is CC(Nc1ccn2ncc(C3=NC(C)(C)ON3)c2n1)c1cc(F)ccc1F. The van der Waals surface area contributed by atoms with Gasteiger partial charge in [-0.1, -0.05) is 0 Å². The van der Waals surface area contributed by atoms with Crippen molar-refractivity contribution in [3.63, 3.8) is 0 Å². The predicted octanol–water partition coefficient (Wildman–Crippen LogP) is 3.20. The lowest BCUT2D eigenvalue weighted by Crippen LogP contribution is -2.23. The van der Waals surface area contributed by atoms with Gasteiger partial charge in [0.05, 0.1) is 17.8 Å². The van der Waals surface area contributed by atoms with E-state index >= 15 is 0 Å². The van der Waals surface area contributed by atoms with E-state index in [1.54, 1.807) is 29.9 Å². The third-order valence-corrected chi connectivity index (χ3v) is 4.19. The summed E-state index contributed by atoms with van der Waals surface area (Å²) >= 11 is 0. The van der Waals surface area contributed by atoms with Crippen molar-refractivity contribution < 1.29 is 13.6 Å². The van der Waals surface area contributed by atoms with Gasteiger partial charge in [0.2, 0.25) is 0 Å². The van der Waals surface area contributed by atoms with Crippen molar-refractivity contribution in [2.75, 3.05) is 5.32 Å². The monoisotopic (exact) mass is 372 g/mol. The largest absolute Gasteiger partial charge is 0.363 e. The second-order valence-electron chi connectivity index (χ2n) is 6.78. The molecule has 3 heterocycles. The first-order valence-corrected chi connectivity index (χ1v) is 8.42. The van der Waals surface area contributed by atoms with Crippen LogP contribution in [0.2, 0.25) is 0 Å². The van der Waals surface area contributed by atoms with E-state index in [4.69, 9.17) is 4.84 Å². The number of halogens is 2. The number of fused-ring (bicyclic) bond motifs is 1. The zero-order valence-electron chi connectivity index (χ0n) is 15.0. The number of aliphatic imine (C=N–C) groups is 1. The van der Waals surface area contributed by atoms with Gasteiger partial charge >= 0.3 is 0 Å². The standard InChI is InChI=1S/C18H18F2N6O/c1-10(12-8-11(19)4-5-14(12)20)22-15-6-7-26-17(23-15)13(9-21-26)16-24-18(2,3)27-25-16/h4-10H,1-3H3,(H,22,23)(H,24,25). The Labute approximate surface area is 154 Å². The summed E-state index contributed by atoms with van der Waals surface area (Å²) in [5, 5.41) is 7.35. The summed E-state index contributed by atoms with van der Waals surface area (Å²) in [7, 11) is 0. The molecule has 0 spiro atoms. The molecule has 7 nitrogen and oxygen atoms in total. The smallest absolute Gasteiger partial charge is 0.182 e. The third-order valence-electron chi connectivity index (χ3n) is 4.19.